The molecule has 1 aromatic carbocycles. The summed E-state index contributed by atoms with van der Waals surface area (Å²) < 4.78 is 32.4. The van der Waals surface area contributed by atoms with Gasteiger partial charge in [0, 0.05) is 24.7 Å². The fourth-order valence-corrected chi connectivity index (χ4v) is 3.95. The van der Waals surface area contributed by atoms with Gasteiger partial charge in [0.25, 0.3) is 0 Å². The lowest BCUT2D eigenvalue weighted by atomic mass is 10.2. The summed E-state index contributed by atoms with van der Waals surface area (Å²) in [5.74, 6) is 0.639. The van der Waals surface area contributed by atoms with Crippen molar-refractivity contribution in [1.29, 1.82) is 0 Å². The topological polar surface area (TPSA) is 72.6 Å². The second-order valence-electron chi connectivity index (χ2n) is 5.00. The Kier molecular flexibility index (Phi) is 5.03. The predicted octanol–water partition coefficient (Wildman–Crippen LogP) is 1.88. The average molecular weight is 310 g/mol. The summed E-state index contributed by atoms with van der Waals surface area (Å²) in [4.78, 5) is 0.264. The van der Waals surface area contributed by atoms with Gasteiger partial charge in [-0.15, -0.1) is 6.58 Å². The Hall–Kier alpha value is -1.37. The molecular weight excluding hydrogens is 288 g/mol. The molecule has 1 saturated carbocycles. The van der Waals surface area contributed by atoms with Crippen LogP contribution in [0.4, 0.5) is 0 Å². The van der Waals surface area contributed by atoms with Gasteiger partial charge in [0.2, 0.25) is 10.0 Å². The van der Waals surface area contributed by atoms with Crippen LogP contribution in [-0.2, 0) is 16.6 Å². The maximum atomic E-state index is 12.7. The highest BCUT2D eigenvalue weighted by molar-refractivity contribution is 7.89. The third-order valence-corrected chi connectivity index (χ3v) is 5.34. The van der Waals surface area contributed by atoms with Crippen LogP contribution in [0.25, 0.3) is 0 Å². The number of hydrogen-bond donors (Lipinski definition) is 1. The Balaban J connectivity index is 2.37. The van der Waals surface area contributed by atoms with E-state index in [1.54, 1.807) is 24.3 Å². The predicted molar refractivity (Wildman–Crippen MR) is 82.6 cm³/mol. The first-order valence-electron chi connectivity index (χ1n) is 7.13. The van der Waals surface area contributed by atoms with E-state index < -0.39 is 10.0 Å². The molecule has 6 heteroatoms. The molecule has 0 saturated heterocycles. The van der Waals surface area contributed by atoms with Crippen molar-refractivity contribution in [3.05, 3.63) is 36.4 Å². The molecule has 0 unspecified atom stereocenters. The van der Waals surface area contributed by atoms with Gasteiger partial charge >= 0.3 is 0 Å². The van der Waals surface area contributed by atoms with Crippen molar-refractivity contribution in [3.63, 3.8) is 0 Å². The van der Waals surface area contributed by atoms with Crippen LogP contribution in [0.15, 0.2) is 35.7 Å². The van der Waals surface area contributed by atoms with Crippen molar-refractivity contribution in [3.8, 4) is 5.75 Å². The molecule has 1 aliphatic carbocycles. The number of rotatable bonds is 8. The van der Waals surface area contributed by atoms with Crippen LogP contribution < -0.4 is 10.5 Å². The van der Waals surface area contributed by atoms with Gasteiger partial charge in [-0.05, 0) is 38.0 Å². The van der Waals surface area contributed by atoms with E-state index in [4.69, 9.17) is 10.5 Å². The Morgan fingerprint density at radius 3 is 2.71 bits per heavy atom. The molecule has 1 fully saturated rings. The van der Waals surface area contributed by atoms with E-state index >= 15 is 0 Å². The quantitative estimate of drug-likeness (QED) is 0.744. The highest BCUT2D eigenvalue weighted by Crippen LogP contribution is 2.33. The van der Waals surface area contributed by atoms with E-state index in [1.165, 1.54) is 4.31 Å². The van der Waals surface area contributed by atoms with Crippen LogP contribution >= 0.6 is 0 Å². The smallest absolute Gasteiger partial charge is 0.243 e. The minimum atomic E-state index is -3.51. The van der Waals surface area contributed by atoms with Gasteiger partial charge in [0.05, 0.1) is 11.5 Å². The molecule has 0 atom stereocenters. The molecule has 0 bridgehead atoms. The van der Waals surface area contributed by atoms with E-state index in [0.717, 1.165) is 12.8 Å². The molecule has 0 aromatic heterocycles. The van der Waals surface area contributed by atoms with E-state index in [-0.39, 0.29) is 17.5 Å². The zero-order valence-electron chi connectivity index (χ0n) is 12.3. The van der Waals surface area contributed by atoms with E-state index in [1.807, 2.05) is 6.92 Å². The monoisotopic (exact) mass is 310 g/mol. The maximum absolute atomic E-state index is 12.7. The van der Waals surface area contributed by atoms with Gasteiger partial charge in [-0.1, -0.05) is 6.08 Å². The van der Waals surface area contributed by atoms with Crippen LogP contribution in [0.5, 0.6) is 5.75 Å². The highest BCUT2D eigenvalue weighted by Gasteiger charge is 2.37. The molecule has 0 spiro atoms. The van der Waals surface area contributed by atoms with Crippen LogP contribution in [0.3, 0.4) is 0 Å². The standard InChI is InChI=1S/C15H22N2O3S/c1-3-9-17(13-5-6-13)21(18,19)14-7-8-15(20-4-2)12(10-14)11-16/h3,7-8,10,13H,1,4-6,9,11,16H2,2H3. The zero-order chi connectivity index (χ0) is 15.5. The second kappa shape index (κ2) is 6.60. The Bertz CT molecular complexity index is 609. The summed E-state index contributed by atoms with van der Waals surface area (Å²) in [7, 11) is -3.51. The highest BCUT2D eigenvalue weighted by atomic mass is 32.2. The first-order chi connectivity index (χ1) is 10.0. The fraction of sp³-hybridized carbons (Fsp3) is 0.467. The van der Waals surface area contributed by atoms with Crippen LogP contribution in [-0.4, -0.2) is 31.9 Å². The van der Waals surface area contributed by atoms with Crippen molar-refractivity contribution >= 4 is 10.0 Å². The number of ether oxygens (including phenoxy) is 1. The number of nitrogens with zero attached hydrogens (tertiary/aromatic N) is 1. The Morgan fingerprint density at radius 1 is 1.48 bits per heavy atom. The first kappa shape index (κ1) is 16.0. The largest absolute Gasteiger partial charge is 0.494 e. The van der Waals surface area contributed by atoms with Gasteiger partial charge in [-0.2, -0.15) is 4.31 Å². The second-order valence-corrected chi connectivity index (χ2v) is 6.89. The van der Waals surface area contributed by atoms with E-state index in [2.05, 4.69) is 6.58 Å². The van der Waals surface area contributed by atoms with Crippen LogP contribution in [0.1, 0.15) is 25.3 Å². The average Bonchev–Trinajstić information content (AvgIpc) is 3.29. The van der Waals surface area contributed by atoms with Gasteiger partial charge in [-0.3, -0.25) is 0 Å². The molecule has 5 nitrogen and oxygen atoms in total. The summed E-state index contributed by atoms with van der Waals surface area (Å²) in [6, 6.07) is 4.97. The fourth-order valence-electron chi connectivity index (χ4n) is 2.24. The zero-order valence-corrected chi connectivity index (χ0v) is 13.1. The lowest BCUT2D eigenvalue weighted by Gasteiger charge is -2.21. The Labute approximate surface area is 126 Å². The molecule has 2 rings (SSSR count). The van der Waals surface area contributed by atoms with Crippen LogP contribution in [0, 0.1) is 0 Å². The first-order valence-corrected chi connectivity index (χ1v) is 8.57. The summed E-state index contributed by atoms with van der Waals surface area (Å²) >= 11 is 0. The molecule has 0 amide bonds. The normalized spacial score (nSPS) is 15.2. The molecule has 2 N–H and O–H groups in total. The van der Waals surface area contributed by atoms with Crippen molar-refractivity contribution in [2.24, 2.45) is 5.73 Å². The lowest BCUT2D eigenvalue weighted by molar-refractivity contribution is 0.336. The van der Waals surface area contributed by atoms with Gasteiger partial charge in [-0.25, -0.2) is 8.42 Å². The van der Waals surface area contributed by atoms with Gasteiger partial charge in [0.15, 0.2) is 0 Å². The van der Waals surface area contributed by atoms with Crippen molar-refractivity contribution in [2.45, 2.75) is 37.2 Å². The molecule has 116 valence electrons. The molecule has 1 aliphatic rings. The molecule has 0 radical (unpaired) electrons. The number of nitrogens with two attached hydrogens (primary N) is 1. The lowest BCUT2D eigenvalue weighted by Crippen LogP contribution is -2.33. The summed E-state index contributed by atoms with van der Waals surface area (Å²) in [6.07, 6.45) is 3.44. The number of benzene rings is 1. The summed E-state index contributed by atoms with van der Waals surface area (Å²) in [6.45, 7) is 6.61. The van der Waals surface area contributed by atoms with E-state index in [0.29, 0.717) is 24.5 Å². The minimum absolute atomic E-state index is 0.0981. The molecule has 21 heavy (non-hydrogen) atoms. The number of sulfonamides is 1. The third-order valence-electron chi connectivity index (χ3n) is 3.42. The maximum Gasteiger partial charge on any atom is 0.243 e. The molecule has 1 aromatic rings. The van der Waals surface area contributed by atoms with Crippen LogP contribution in [0.2, 0.25) is 0 Å². The van der Waals surface area contributed by atoms with Gasteiger partial charge < -0.3 is 10.5 Å². The molecule has 0 aliphatic heterocycles. The number of hydrogen-bond acceptors (Lipinski definition) is 4. The molecule has 0 heterocycles. The Morgan fingerprint density at radius 2 is 2.19 bits per heavy atom. The van der Waals surface area contributed by atoms with Crippen molar-refractivity contribution in [1.82, 2.24) is 4.31 Å². The summed E-state index contributed by atoms with van der Waals surface area (Å²) in [5.41, 5.74) is 6.40. The van der Waals surface area contributed by atoms with Gasteiger partial charge in [0.1, 0.15) is 5.75 Å². The minimum Gasteiger partial charge on any atom is -0.494 e. The van der Waals surface area contributed by atoms with Crippen molar-refractivity contribution < 1.29 is 13.2 Å². The third kappa shape index (κ3) is 3.45. The SMILES string of the molecule is C=CCN(C1CC1)S(=O)(=O)c1ccc(OCC)c(CN)c1. The molecular formula is C15H22N2O3S. The van der Waals surface area contributed by atoms with Crippen molar-refractivity contribution in [2.75, 3.05) is 13.2 Å². The summed E-state index contributed by atoms with van der Waals surface area (Å²) in [5, 5.41) is 0. The van der Waals surface area contributed by atoms with E-state index in [9.17, 15) is 8.42 Å².